The average Bonchev–Trinajstić information content (AvgIpc) is 3.39. The molecular formula is C25H25F3N2O5. The van der Waals surface area contributed by atoms with Crippen LogP contribution in [0.1, 0.15) is 29.9 Å². The third-order valence-electron chi connectivity index (χ3n) is 6.55. The Balaban J connectivity index is 1.35. The smallest absolute Gasteiger partial charge is 0.407 e. The first kappa shape index (κ1) is 24.6. The molecule has 1 fully saturated rings. The van der Waals surface area contributed by atoms with Crippen LogP contribution < -0.4 is 5.32 Å². The van der Waals surface area contributed by atoms with E-state index in [4.69, 9.17) is 9.84 Å². The first-order valence-corrected chi connectivity index (χ1v) is 11.3. The highest BCUT2D eigenvalue weighted by atomic mass is 19.4. The number of carboxylic acid groups (broad SMARTS) is 1. The van der Waals surface area contributed by atoms with Gasteiger partial charge in [-0.05, 0) is 34.6 Å². The number of carbonyl (C=O) groups is 3. The van der Waals surface area contributed by atoms with Gasteiger partial charge in [0.15, 0.2) is 5.92 Å². The number of alkyl carbamates (subject to hydrolysis) is 1. The minimum Gasteiger partial charge on any atom is -0.481 e. The van der Waals surface area contributed by atoms with Crippen molar-refractivity contribution in [3.8, 4) is 11.1 Å². The highest BCUT2D eigenvalue weighted by molar-refractivity contribution is 5.81. The number of hydrogen-bond acceptors (Lipinski definition) is 4. The number of nitrogens with one attached hydrogen (secondary N) is 1. The lowest BCUT2D eigenvalue weighted by Crippen LogP contribution is -2.47. The number of likely N-dealkylation sites (tertiary alicyclic amines) is 1. The van der Waals surface area contributed by atoms with Gasteiger partial charge in [-0.2, -0.15) is 13.2 Å². The van der Waals surface area contributed by atoms with E-state index in [-0.39, 0.29) is 38.0 Å². The standard InChI is InChI=1S/C25H25F3N2O5/c26-25(27,28)21(23(33)30-10-9-15(13-30)11-22(31)32)12-29-24(34)35-14-20-18-7-3-1-5-16(18)17-6-2-4-8-19(17)20/h1-8,15,20-21H,9-14H2,(H,29,34)(H,31,32). The second kappa shape index (κ2) is 9.97. The van der Waals surface area contributed by atoms with E-state index in [0.717, 1.165) is 27.2 Å². The minimum absolute atomic E-state index is 0.0499. The van der Waals surface area contributed by atoms with Gasteiger partial charge in [0, 0.05) is 32.0 Å². The van der Waals surface area contributed by atoms with Gasteiger partial charge in [0.05, 0.1) is 0 Å². The molecule has 1 saturated heterocycles. The number of benzene rings is 2. The van der Waals surface area contributed by atoms with E-state index < -0.39 is 36.6 Å². The summed E-state index contributed by atoms with van der Waals surface area (Å²) in [4.78, 5) is 36.7. The van der Waals surface area contributed by atoms with Gasteiger partial charge in [-0.15, -0.1) is 0 Å². The zero-order valence-electron chi connectivity index (χ0n) is 18.8. The number of fused-ring (bicyclic) bond motifs is 3. The van der Waals surface area contributed by atoms with Gasteiger partial charge in [-0.1, -0.05) is 48.5 Å². The van der Waals surface area contributed by atoms with Crippen molar-refractivity contribution in [3.05, 3.63) is 59.7 Å². The van der Waals surface area contributed by atoms with Crippen molar-refractivity contribution in [1.29, 1.82) is 0 Å². The molecule has 10 heteroatoms. The lowest BCUT2D eigenvalue weighted by atomic mass is 9.98. The second-order valence-corrected chi connectivity index (χ2v) is 8.84. The number of rotatable bonds is 7. The highest BCUT2D eigenvalue weighted by Crippen LogP contribution is 2.44. The number of alkyl halides is 3. The van der Waals surface area contributed by atoms with E-state index in [1.807, 2.05) is 48.5 Å². The molecule has 1 aliphatic carbocycles. The normalized spacial score (nSPS) is 18.0. The maximum absolute atomic E-state index is 13.6. The van der Waals surface area contributed by atoms with Crippen molar-refractivity contribution >= 4 is 18.0 Å². The van der Waals surface area contributed by atoms with Crippen LogP contribution in [-0.2, 0) is 14.3 Å². The molecule has 0 saturated carbocycles. The second-order valence-electron chi connectivity index (χ2n) is 8.84. The van der Waals surface area contributed by atoms with E-state index in [1.54, 1.807) is 0 Å². The van der Waals surface area contributed by atoms with E-state index in [9.17, 15) is 27.6 Å². The number of hydrogen-bond donors (Lipinski definition) is 2. The predicted octanol–water partition coefficient (Wildman–Crippen LogP) is 4.03. The molecule has 0 aromatic heterocycles. The van der Waals surface area contributed by atoms with Gasteiger partial charge >= 0.3 is 18.2 Å². The fourth-order valence-corrected chi connectivity index (χ4v) is 4.84. The SMILES string of the molecule is O=C(O)CC1CCN(C(=O)C(CNC(=O)OCC2c3ccccc3-c3ccccc32)C(F)(F)F)C1. The Morgan fingerprint density at radius 3 is 2.23 bits per heavy atom. The number of ether oxygens (including phenoxy) is 1. The fourth-order valence-electron chi connectivity index (χ4n) is 4.84. The first-order chi connectivity index (χ1) is 16.6. The minimum atomic E-state index is -4.88. The lowest BCUT2D eigenvalue weighted by molar-refractivity contribution is -0.187. The molecule has 2 aromatic carbocycles. The molecule has 2 N–H and O–H groups in total. The molecule has 2 amide bonds. The van der Waals surface area contributed by atoms with E-state index >= 15 is 0 Å². The van der Waals surface area contributed by atoms with Crippen LogP contribution in [-0.4, -0.2) is 60.4 Å². The summed E-state index contributed by atoms with van der Waals surface area (Å²) < 4.78 is 46.1. The van der Waals surface area contributed by atoms with Crippen LogP contribution in [0.15, 0.2) is 48.5 Å². The van der Waals surface area contributed by atoms with E-state index in [2.05, 4.69) is 5.32 Å². The molecule has 7 nitrogen and oxygen atoms in total. The molecule has 1 heterocycles. The quantitative estimate of drug-likeness (QED) is 0.611. The summed E-state index contributed by atoms with van der Waals surface area (Å²) in [6, 6.07) is 15.3. The summed E-state index contributed by atoms with van der Waals surface area (Å²) in [5, 5.41) is 11.0. The molecule has 0 spiro atoms. The van der Waals surface area contributed by atoms with Crippen LogP contribution >= 0.6 is 0 Å². The molecule has 2 unspecified atom stereocenters. The Hall–Kier alpha value is -3.56. The summed E-state index contributed by atoms with van der Waals surface area (Å²) in [5.74, 6) is -5.31. The van der Waals surface area contributed by atoms with Crippen LogP contribution in [0.2, 0.25) is 0 Å². The third-order valence-corrected chi connectivity index (χ3v) is 6.55. The molecule has 2 aromatic rings. The van der Waals surface area contributed by atoms with Crippen LogP contribution in [0.5, 0.6) is 0 Å². The third kappa shape index (κ3) is 5.41. The zero-order valence-corrected chi connectivity index (χ0v) is 18.8. The summed E-state index contributed by atoms with van der Waals surface area (Å²) >= 11 is 0. The monoisotopic (exact) mass is 490 g/mol. The molecular weight excluding hydrogens is 465 g/mol. The van der Waals surface area contributed by atoms with Gasteiger partial charge in [-0.3, -0.25) is 9.59 Å². The fraction of sp³-hybridized carbons (Fsp3) is 0.400. The Kier molecular flexibility index (Phi) is 7.00. The summed E-state index contributed by atoms with van der Waals surface area (Å²) in [7, 11) is 0. The average molecular weight is 490 g/mol. The summed E-state index contributed by atoms with van der Waals surface area (Å²) in [6.07, 6.45) is -5.81. The molecule has 35 heavy (non-hydrogen) atoms. The summed E-state index contributed by atoms with van der Waals surface area (Å²) in [5.41, 5.74) is 3.97. The van der Waals surface area contributed by atoms with E-state index in [1.165, 1.54) is 0 Å². The number of amides is 2. The summed E-state index contributed by atoms with van der Waals surface area (Å²) in [6.45, 7) is -1.02. The number of aliphatic carboxylic acids is 1. The number of halogens is 3. The van der Waals surface area contributed by atoms with Gasteiger partial charge in [-0.25, -0.2) is 4.79 Å². The Morgan fingerprint density at radius 2 is 1.66 bits per heavy atom. The van der Waals surface area contributed by atoms with Crippen molar-refractivity contribution in [1.82, 2.24) is 10.2 Å². The van der Waals surface area contributed by atoms with Gasteiger partial charge in [0.2, 0.25) is 5.91 Å². The van der Waals surface area contributed by atoms with E-state index in [0.29, 0.717) is 6.42 Å². The molecule has 0 bridgehead atoms. The van der Waals surface area contributed by atoms with Crippen LogP contribution in [0.25, 0.3) is 11.1 Å². The van der Waals surface area contributed by atoms with Crippen molar-refractivity contribution in [2.75, 3.05) is 26.2 Å². The van der Waals surface area contributed by atoms with Crippen molar-refractivity contribution in [2.24, 2.45) is 11.8 Å². The maximum atomic E-state index is 13.6. The maximum Gasteiger partial charge on any atom is 0.407 e. The van der Waals surface area contributed by atoms with Crippen molar-refractivity contribution in [3.63, 3.8) is 0 Å². The highest BCUT2D eigenvalue weighted by Gasteiger charge is 2.47. The Morgan fingerprint density at radius 1 is 1.06 bits per heavy atom. The van der Waals surface area contributed by atoms with Crippen LogP contribution in [0.4, 0.5) is 18.0 Å². The van der Waals surface area contributed by atoms with Gasteiger partial charge in [0.1, 0.15) is 6.61 Å². The molecule has 4 rings (SSSR count). The molecule has 186 valence electrons. The largest absolute Gasteiger partial charge is 0.481 e. The zero-order chi connectivity index (χ0) is 25.2. The van der Waals surface area contributed by atoms with Crippen LogP contribution in [0, 0.1) is 11.8 Å². The van der Waals surface area contributed by atoms with Crippen LogP contribution in [0.3, 0.4) is 0 Å². The Labute approximate surface area is 199 Å². The number of nitrogens with zero attached hydrogens (tertiary/aromatic N) is 1. The Bertz CT molecular complexity index is 1070. The molecule has 1 aliphatic heterocycles. The molecule has 0 radical (unpaired) electrons. The molecule has 2 aliphatic rings. The topological polar surface area (TPSA) is 95.9 Å². The number of carbonyl (C=O) groups excluding carboxylic acids is 2. The number of carboxylic acids is 1. The molecule has 2 atom stereocenters. The van der Waals surface area contributed by atoms with Crippen molar-refractivity contribution < 1.29 is 37.4 Å². The van der Waals surface area contributed by atoms with Gasteiger partial charge in [0.25, 0.3) is 0 Å². The van der Waals surface area contributed by atoms with Gasteiger partial charge < -0.3 is 20.1 Å². The first-order valence-electron chi connectivity index (χ1n) is 11.3. The predicted molar refractivity (Wildman–Crippen MR) is 120 cm³/mol. The lowest BCUT2D eigenvalue weighted by Gasteiger charge is -2.25. The van der Waals surface area contributed by atoms with Crippen molar-refractivity contribution in [2.45, 2.75) is 24.9 Å².